The van der Waals surface area contributed by atoms with Crippen molar-refractivity contribution in [1.82, 2.24) is 9.80 Å². The highest BCUT2D eigenvalue weighted by atomic mass is 15.3. The van der Waals surface area contributed by atoms with Gasteiger partial charge in [-0.05, 0) is 82.1 Å². The third-order valence-electron chi connectivity index (χ3n) is 9.34. The normalized spacial score (nSPS) is 21.1. The second-order valence-electron chi connectivity index (χ2n) is 12.7. The minimum absolute atomic E-state index is 0.147. The van der Waals surface area contributed by atoms with Crippen LogP contribution in [0.3, 0.4) is 0 Å². The van der Waals surface area contributed by atoms with Crippen LogP contribution in [0.2, 0.25) is 0 Å². The van der Waals surface area contributed by atoms with Gasteiger partial charge in [0.1, 0.15) is 5.84 Å². The third-order valence-corrected chi connectivity index (χ3v) is 9.34. The topological polar surface area (TPSA) is 57.2 Å². The number of hydrogen-bond acceptors (Lipinski definition) is 4. The first-order valence-corrected chi connectivity index (χ1v) is 16.0. The van der Waals surface area contributed by atoms with Crippen LogP contribution in [0.1, 0.15) is 97.1 Å². The van der Waals surface area contributed by atoms with Crippen LogP contribution < -0.4 is 5.73 Å². The fourth-order valence-electron chi connectivity index (χ4n) is 6.45. The van der Waals surface area contributed by atoms with Crippen LogP contribution in [0, 0.1) is 5.92 Å². The number of aliphatic imine (C=N–C) groups is 2. The number of unbranched alkanes of at least 4 members (excludes halogenated alkanes) is 3. The summed E-state index contributed by atoms with van der Waals surface area (Å²) < 4.78 is 0. The van der Waals surface area contributed by atoms with Crippen LogP contribution in [-0.2, 0) is 11.8 Å². The summed E-state index contributed by atoms with van der Waals surface area (Å²) in [6, 6.07) is 9.22. The Kier molecular flexibility index (Phi) is 12.4. The summed E-state index contributed by atoms with van der Waals surface area (Å²) in [6.07, 6.45) is 15.2. The number of aryl methyl sites for hydroxylation is 1. The first-order valence-electron chi connectivity index (χ1n) is 16.0. The molecule has 0 radical (unpaired) electrons. The van der Waals surface area contributed by atoms with Crippen molar-refractivity contribution in [3.8, 4) is 0 Å². The largest absolute Gasteiger partial charge is 0.378 e. The summed E-state index contributed by atoms with van der Waals surface area (Å²) in [7, 11) is 4.10. The van der Waals surface area contributed by atoms with Crippen LogP contribution >= 0.6 is 0 Å². The van der Waals surface area contributed by atoms with E-state index in [0.717, 1.165) is 43.3 Å². The van der Waals surface area contributed by atoms with E-state index in [2.05, 4.69) is 99.5 Å². The highest BCUT2D eigenvalue weighted by molar-refractivity contribution is 5.98. The zero-order valence-corrected chi connectivity index (χ0v) is 27.2. The summed E-state index contributed by atoms with van der Waals surface area (Å²) in [6.45, 7) is 18.2. The SMILES string of the molecule is C=C(C)C1(CCCCN(C)/C(C)=C/C(=N\C(C)=C\C(=N/C)C(C)CCCCC)N2CC(N)C2)CCc2ccccc21. The van der Waals surface area contributed by atoms with Crippen molar-refractivity contribution < 1.29 is 0 Å². The molecule has 5 heteroatoms. The number of hydrogen-bond donors (Lipinski definition) is 1. The van der Waals surface area contributed by atoms with E-state index in [1.807, 2.05) is 7.05 Å². The fourth-order valence-corrected chi connectivity index (χ4v) is 6.45. The van der Waals surface area contributed by atoms with E-state index in [0.29, 0.717) is 5.92 Å². The number of benzene rings is 1. The van der Waals surface area contributed by atoms with Crippen LogP contribution in [0.5, 0.6) is 0 Å². The highest BCUT2D eigenvalue weighted by Crippen LogP contribution is 2.47. The number of allylic oxidation sites excluding steroid dienone is 4. The number of rotatable bonds is 15. The number of nitrogens with zero attached hydrogens (tertiary/aromatic N) is 4. The molecule has 0 aromatic heterocycles. The Balaban J connectivity index is 1.64. The van der Waals surface area contributed by atoms with E-state index in [4.69, 9.17) is 10.7 Å². The smallest absolute Gasteiger partial charge is 0.130 e. The molecule has 2 atom stereocenters. The lowest BCUT2D eigenvalue weighted by atomic mass is 9.72. The Morgan fingerprint density at radius 3 is 2.54 bits per heavy atom. The molecule has 1 aromatic carbocycles. The Labute approximate surface area is 251 Å². The van der Waals surface area contributed by atoms with Crippen molar-refractivity contribution in [3.63, 3.8) is 0 Å². The zero-order valence-electron chi connectivity index (χ0n) is 27.2. The van der Waals surface area contributed by atoms with Crippen molar-refractivity contribution in [2.24, 2.45) is 21.6 Å². The van der Waals surface area contributed by atoms with Gasteiger partial charge >= 0.3 is 0 Å². The zero-order chi connectivity index (χ0) is 30.0. The van der Waals surface area contributed by atoms with E-state index in [-0.39, 0.29) is 11.5 Å². The van der Waals surface area contributed by atoms with E-state index in [9.17, 15) is 0 Å². The molecule has 1 aliphatic heterocycles. The van der Waals surface area contributed by atoms with Gasteiger partial charge in [0.2, 0.25) is 0 Å². The summed E-state index contributed by atoms with van der Waals surface area (Å²) in [5.74, 6) is 1.45. The van der Waals surface area contributed by atoms with Crippen molar-refractivity contribution in [1.29, 1.82) is 0 Å². The first-order chi connectivity index (χ1) is 19.6. The van der Waals surface area contributed by atoms with Crippen molar-refractivity contribution in [2.75, 3.05) is 33.7 Å². The van der Waals surface area contributed by atoms with E-state index < -0.39 is 0 Å². The maximum atomic E-state index is 6.15. The highest BCUT2D eigenvalue weighted by Gasteiger charge is 2.38. The molecule has 5 nitrogen and oxygen atoms in total. The van der Waals surface area contributed by atoms with E-state index in [1.54, 1.807) is 0 Å². The molecule has 3 rings (SSSR count). The number of likely N-dealkylation sites (tertiary alicyclic amines) is 1. The molecule has 1 fully saturated rings. The lowest BCUT2D eigenvalue weighted by Crippen LogP contribution is -2.57. The molecule has 1 heterocycles. The summed E-state index contributed by atoms with van der Waals surface area (Å²) >= 11 is 0. The van der Waals surface area contributed by atoms with Gasteiger partial charge in [0.15, 0.2) is 0 Å². The molecule has 0 spiro atoms. The molecule has 226 valence electrons. The predicted molar refractivity (Wildman–Crippen MR) is 179 cm³/mol. The predicted octanol–water partition coefficient (Wildman–Crippen LogP) is 7.69. The van der Waals surface area contributed by atoms with Gasteiger partial charge in [-0.2, -0.15) is 0 Å². The Morgan fingerprint density at radius 2 is 1.88 bits per heavy atom. The van der Waals surface area contributed by atoms with Crippen LogP contribution in [-0.4, -0.2) is 61.1 Å². The molecular formula is C36H57N5. The molecule has 1 saturated heterocycles. The van der Waals surface area contributed by atoms with E-state index >= 15 is 0 Å². The Bertz CT molecular complexity index is 1140. The summed E-state index contributed by atoms with van der Waals surface area (Å²) in [5, 5.41) is 0. The first kappa shape index (κ1) is 32.8. The van der Waals surface area contributed by atoms with Crippen LogP contribution in [0.25, 0.3) is 0 Å². The lowest BCUT2D eigenvalue weighted by molar-refractivity contribution is 0.255. The molecule has 0 amide bonds. The van der Waals surface area contributed by atoms with Gasteiger partial charge in [-0.3, -0.25) is 4.99 Å². The van der Waals surface area contributed by atoms with Crippen LogP contribution in [0.15, 0.2) is 69.9 Å². The second kappa shape index (κ2) is 15.5. The van der Waals surface area contributed by atoms with Gasteiger partial charge in [-0.25, -0.2) is 4.99 Å². The average Bonchev–Trinajstić information content (AvgIpc) is 3.31. The molecule has 2 unspecified atom stereocenters. The summed E-state index contributed by atoms with van der Waals surface area (Å²) in [5.41, 5.74) is 14.0. The number of amidine groups is 1. The Hall–Kier alpha value is -2.66. The monoisotopic (exact) mass is 559 g/mol. The average molecular weight is 560 g/mol. The minimum atomic E-state index is 0.147. The third kappa shape index (κ3) is 8.67. The van der Waals surface area contributed by atoms with E-state index in [1.165, 1.54) is 73.8 Å². The van der Waals surface area contributed by atoms with Gasteiger partial charge in [-0.1, -0.05) is 75.9 Å². The number of fused-ring (bicyclic) bond motifs is 1. The van der Waals surface area contributed by atoms with Gasteiger partial charge < -0.3 is 15.5 Å². The van der Waals surface area contributed by atoms with Gasteiger partial charge in [0, 0.05) is 62.3 Å². The molecular weight excluding hydrogens is 502 g/mol. The molecule has 1 aliphatic carbocycles. The fraction of sp³-hybridized carbons (Fsp3) is 0.611. The maximum Gasteiger partial charge on any atom is 0.130 e. The lowest BCUT2D eigenvalue weighted by Gasteiger charge is -2.39. The molecule has 2 N–H and O–H groups in total. The quantitative estimate of drug-likeness (QED) is 0.104. The van der Waals surface area contributed by atoms with Gasteiger partial charge in [0.25, 0.3) is 0 Å². The maximum absolute atomic E-state index is 6.15. The summed E-state index contributed by atoms with van der Waals surface area (Å²) in [4.78, 5) is 14.3. The standard InChI is InChI=1S/C36H57N5/c1-9-10-11-16-28(4)34(38-7)23-29(5)39-35(41-25-32(37)26-41)24-30(6)40(8)22-15-14-20-36(27(2)3)21-19-31-17-12-13-18-33(31)36/h12-13,17-18,23-24,28,32H,2,9-11,14-16,19-22,25-26,37H2,1,3-8H3/b29-23+,30-24+,38-34+,39-35+. The van der Waals surface area contributed by atoms with Crippen LogP contribution in [0.4, 0.5) is 0 Å². The minimum Gasteiger partial charge on any atom is -0.378 e. The molecule has 41 heavy (non-hydrogen) atoms. The molecule has 0 bridgehead atoms. The number of nitrogens with two attached hydrogens (primary N) is 1. The molecule has 0 saturated carbocycles. The van der Waals surface area contributed by atoms with Gasteiger partial charge in [0.05, 0.1) is 0 Å². The molecule has 1 aromatic rings. The second-order valence-corrected chi connectivity index (χ2v) is 12.7. The van der Waals surface area contributed by atoms with Crippen molar-refractivity contribution in [2.45, 2.75) is 104 Å². The Morgan fingerprint density at radius 1 is 1.15 bits per heavy atom. The molecule has 2 aliphatic rings. The van der Waals surface area contributed by atoms with Crippen molar-refractivity contribution in [3.05, 3.63) is 71.1 Å². The van der Waals surface area contributed by atoms with Gasteiger partial charge in [-0.15, -0.1) is 0 Å². The van der Waals surface area contributed by atoms with Crippen molar-refractivity contribution >= 4 is 11.5 Å².